The molecule has 2 amide bonds. The maximum Gasteiger partial charge on any atom is 0.253 e. The Labute approximate surface area is 143 Å². The number of aryl methyl sites for hydroxylation is 1. The average molecular weight is 329 g/mol. The van der Waals surface area contributed by atoms with Crippen molar-refractivity contribution in [3.8, 4) is 0 Å². The van der Waals surface area contributed by atoms with Gasteiger partial charge in [-0.1, -0.05) is 17.7 Å². The Bertz CT molecular complexity index is 595. The van der Waals surface area contributed by atoms with Gasteiger partial charge in [-0.3, -0.25) is 9.59 Å². The summed E-state index contributed by atoms with van der Waals surface area (Å²) in [5.41, 5.74) is 7.60. The number of likely N-dealkylation sites (tertiary alicyclic amines) is 1. The van der Waals surface area contributed by atoms with Crippen molar-refractivity contribution in [3.63, 3.8) is 0 Å². The Morgan fingerprint density at radius 1 is 1.25 bits per heavy atom. The monoisotopic (exact) mass is 329 g/mol. The first kappa shape index (κ1) is 17.0. The van der Waals surface area contributed by atoms with Gasteiger partial charge in [-0.2, -0.15) is 0 Å². The lowest BCUT2D eigenvalue weighted by molar-refractivity contribution is -0.127. The molecular formula is C19H27N3O2. The number of carbonyl (C=O) groups excluding carboxylic acids is 2. The maximum absolute atomic E-state index is 12.7. The first-order chi connectivity index (χ1) is 11.6. The molecule has 2 atom stereocenters. The molecule has 5 nitrogen and oxygen atoms in total. The van der Waals surface area contributed by atoms with E-state index >= 15 is 0 Å². The minimum absolute atomic E-state index is 0.0186. The van der Waals surface area contributed by atoms with Crippen molar-refractivity contribution in [2.75, 3.05) is 19.6 Å². The molecule has 0 spiro atoms. The molecule has 5 heteroatoms. The zero-order valence-corrected chi connectivity index (χ0v) is 14.3. The lowest BCUT2D eigenvalue weighted by Crippen LogP contribution is -2.49. The molecule has 0 bridgehead atoms. The first-order valence-corrected chi connectivity index (χ1v) is 8.95. The lowest BCUT2D eigenvalue weighted by Gasteiger charge is -2.33. The van der Waals surface area contributed by atoms with Crippen LogP contribution in [-0.4, -0.2) is 42.4 Å². The Morgan fingerprint density at radius 3 is 2.58 bits per heavy atom. The normalized spacial score (nSPS) is 22.1. The van der Waals surface area contributed by atoms with Crippen LogP contribution in [0.4, 0.5) is 0 Å². The van der Waals surface area contributed by atoms with Gasteiger partial charge < -0.3 is 16.0 Å². The largest absolute Gasteiger partial charge is 0.352 e. The van der Waals surface area contributed by atoms with Crippen LogP contribution >= 0.6 is 0 Å². The molecule has 3 N–H and O–H groups in total. The number of benzene rings is 1. The summed E-state index contributed by atoms with van der Waals surface area (Å²) in [5, 5.41) is 3.10. The number of hydrogen-bond donors (Lipinski definition) is 2. The molecule has 1 saturated heterocycles. The molecule has 0 aromatic heterocycles. The van der Waals surface area contributed by atoms with E-state index in [2.05, 4.69) is 5.32 Å². The van der Waals surface area contributed by atoms with E-state index in [1.54, 1.807) is 0 Å². The van der Waals surface area contributed by atoms with E-state index < -0.39 is 0 Å². The fourth-order valence-electron chi connectivity index (χ4n) is 3.42. The molecular weight excluding hydrogens is 302 g/mol. The molecule has 2 fully saturated rings. The van der Waals surface area contributed by atoms with E-state index in [1.807, 2.05) is 36.1 Å². The van der Waals surface area contributed by atoms with Crippen molar-refractivity contribution >= 4 is 11.8 Å². The number of nitrogens with zero attached hydrogens (tertiary/aromatic N) is 1. The number of hydrogen-bond acceptors (Lipinski definition) is 3. The molecule has 1 aromatic rings. The van der Waals surface area contributed by atoms with Gasteiger partial charge in [-0.15, -0.1) is 0 Å². The zero-order chi connectivity index (χ0) is 17.1. The SMILES string of the molecule is Cc1ccc(C(=O)N2CCCC(C(=O)NC(CN)C3CC3)C2)cc1. The third kappa shape index (κ3) is 3.96. The summed E-state index contributed by atoms with van der Waals surface area (Å²) in [4.78, 5) is 27.0. The summed E-state index contributed by atoms with van der Waals surface area (Å²) in [6.07, 6.45) is 4.02. The fourth-order valence-corrected chi connectivity index (χ4v) is 3.42. The van der Waals surface area contributed by atoms with Crippen LogP contribution in [-0.2, 0) is 4.79 Å². The van der Waals surface area contributed by atoms with E-state index in [-0.39, 0.29) is 23.8 Å². The van der Waals surface area contributed by atoms with E-state index in [1.165, 1.54) is 0 Å². The van der Waals surface area contributed by atoms with Crippen molar-refractivity contribution in [1.29, 1.82) is 0 Å². The molecule has 2 aliphatic rings. The maximum atomic E-state index is 12.7. The minimum Gasteiger partial charge on any atom is -0.352 e. The molecule has 1 aliphatic heterocycles. The van der Waals surface area contributed by atoms with Crippen LogP contribution < -0.4 is 11.1 Å². The number of piperidine rings is 1. The number of nitrogens with one attached hydrogen (secondary N) is 1. The van der Waals surface area contributed by atoms with E-state index in [0.29, 0.717) is 24.6 Å². The minimum atomic E-state index is -0.124. The van der Waals surface area contributed by atoms with Gasteiger partial charge >= 0.3 is 0 Å². The second kappa shape index (κ2) is 7.34. The Morgan fingerprint density at radius 2 is 1.96 bits per heavy atom. The zero-order valence-electron chi connectivity index (χ0n) is 14.3. The van der Waals surface area contributed by atoms with Crippen LogP contribution in [0, 0.1) is 18.8 Å². The van der Waals surface area contributed by atoms with Crippen molar-refractivity contribution < 1.29 is 9.59 Å². The van der Waals surface area contributed by atoms with E-state index in [9.17, 15) is 9.59 Å². The third-order valence-corrected chi connectivity index (χ3v) is 5.15. The van der Waals surface area contributed by atoms with Crippen molar-refractivity contribution in [2.24, 2.45) is 17.6 Å². The summed E-state index contributed by atoms with van der Waals surface area (Å²) >= 11 is 0. The number of carbonyl (C=O) groups is 2. The fraction of sp³-hybridized carbons (Fsp3) is 0.579. The molecule has 1 saturated carbocycles. The van der Waals surface area contributed by atoms with Crippen LogP contribution in [0.15, 0.2) is 24.3 Å². The average Bonchev–Trinajstić information content (AvgIpc) is 3.44. The van der Waals surface area contributed by atoms with Crippen LogP contribution in [0.1, 0.15) is 41.6 Å². The Hall–Kier alpha value is -1.88. The Kier molecular flexibility index (Phi) is 5.19. The highest BCUT2D eigenvalue weighted by molar-refractivity contribution is 5.94. The summed E-state index contributed by atoms with van der Waals surface area (Å²) in [6.45, 7) is 3.72. The highest BCUT2D eigenvalue weighted by Gasteiger charge is 2.34. The number of rotatable bonds is 5. The Balaban J connectivity index is 1.60. The number of amides is 2. The van der Waals surface area contributed by atoms with Crippen molar-refractivity contribution in [3.05, 3.63) is 35.4 Å². The topological polar surface area (TPSA) is 75.4 Å². The third-order valence-electron chi connectivity index (χ3n) is 5.15. The molecule has 1 heterocycles. The van der Waals surface area contributed by atoms with Gasteiger partial charge in [0.2, 0.25) is 5.91 Å². The molecule has 130 valence electrons. The van der Waals surface area contributed by atoms with E-state index in [4.69, 9.17) is 5.73 Å². The first-order valence-electron chi connectivity index (χ1n) is 8.95. The smallest absolute Gasteiger partial charge is 0.253 e. The lowest BCUT2D eigenvalue weighted by atomic mass is 9.95. The van der Waals surface area contributed by atoms with Gasteiger partial charge in [0, 0.05) is 31.2 Å². The molecule has 1 aromatic carbocycles. The summed E-state index contributed by atoms with van der Waals surface area (Å²) < 4.78 is 0. The van der Waals surface area contributed by atoms with E-state index in [0.717, 1.165) is 37.8 Å². The molecule has 1 aliphatic carbocycles. The predicted octanol–water partition coefficient (Wildman–Crippen LogP) is 1.70. The quantitative estimate of drug-likeness (QED) is 0.863. The highest BCUT2D eigenvalue weighted by Crippen LogP contribution is 2.32. The standard InChI is InChI=1S/C19H27N3O2/c1-13-4-6-15(7-5-13)19(24)22-10-2-3-16(12-22)18(23)21-17(11-20)14-8-9-14/h4-7,14,16-17H,2-3,8-12,20H2,1H3,(H,21,23). The van der Waals surface area contributed by atoms with Crippen LogP contribution in [0.25, 0.3) is 0 Å². The van der Waals surface area contributed by atoms with Crippen molar-refractivity contribution in [1.82, 2.24) is 10.2 Å². The van der Waals surface area contributed by atoms with Gasteiger partial charge in [-0.25, -0.2) is 0 Å². The molecule has 2 unspecified atom stereocenters. The van der Waals surface area contributed by atoms with Gasteiger partial charge in [0.15, 0.2) is 0 Å². The van der Waals surface area contributed by atoms with Gasteiger partial charge in [-0.05, 0) is 50.7 Å². The highest BCUT2D eigenvalue weighted by atomic mass is 16.2. The predicted molar refractivity (Wildman–Crippen MR) is 93.5 cm³/mol. The molecule has 24 heavy (non-hydrogen) atoms. The molecule has 0 radical (unpaired) electrons. The van der Waals surface area contributed by atoms with Gasteiger partial charge in [0.05, 0.1) is 5.92 Å². The van der Waals surface area contributed by atoms with Gasteiger partial charge in [0.1, 0.15) is 0 Å². The summed E-state index contributed by atoms with van der Waals surface area (Å²) in [5.74, 6) is 0.498. The van der Waals surface area contributed by atoms with Crippen LogP contribution in [0.3, 0.4) is 0 Å². The molecule has 3 rings (SSSR count). The van der Waals surface area contributed by atoms with Crippen LogP contribution in [0.5, 0.6) is 0 Å². The van der Waals surface area contributed by atoms with Crippen molar-refractivity contribution in [2.45, 2.75) is 38.6 Å². The van der Waals surface area contributed by atoms with Gasteiger partial charge in [0.25, 0.3) is 5.91 Å². The second-order valence-electron chi connectivity index (χ2n) is 7.14. The summed E-state index contributed by atoms with van der Waals surface area (Å²) in [6, 6.07) is 7.71. The second-order valence-corrected chi connectivity index (χ2v) is 7.14. The number of nitrogens with two attached hydrogens (primary N) is 1. The van der Waals surface area contributed by atoms with Crippen LogP contribution in [0.2, 0.25) is 0 Å². The summed E-state index contributed by atoms with van der Waals surface area (Å²) in [7, 11) is 0.